The molecule has 0 aromatic heterocycles. The fraction of sp³-hybridized carbons (Fsp3) is 0.647. The van der Waals surface area contributed by atoms with E-state index >= 15 is 0 Å². The minimum absolute atomic E-state index is 0.448. The van der Waals surface area contributed by atoms with E-state index in [1.807, 2.05) is 24.3 Å². The Labute approximate surface area is 131 Å². The molecule has 0 saturated heterocycles. The minimum Gasteiger partial charge on any atom is -0.388 e. The smallest absolute Gasteiger partial charge is 0.0802 e. The molecule has 0 aliphatic carbocycles. The highest BCUT2D eigenvalue weighted by molar-refractivity contribution is 7.85. The SMILES string of the molecule is CCCC(CCC)CS(=O)c1cccc(C(O)CCN)c1. The number of nitrogens with two attached hydrogens (primary N) is 1. The molecule has 0 bridgehead atoms. The predicted octanol–water partition coefficient (Wildman–Crippen LogP) is 3.39. The largest absolute Gasteiger partial charge is 0.388 e. The van der Waals surface area contributed by atoms with Crippen molar-refractivity contribution in [2.45, 2.75) is 57.0 Å². The Morgan fingerprint density at radius 3 is 2.43 bits per heavy atom. The average Bonchev–Trinajstić information content (AvgIpc) is 2.48. The molecule has 0 aliphatic rings. The summed E-state index contributed by atoms with van der Waals surface area (Å²) in [6.45, 7) is 4.80. The normalized spacial score (nSPS) is 14.3. The molecule has 3 nitrogen and oxygen atoms in total. The molecule has 4 heteroatoms. The van der Waals surface area contributed by atoms with Gasteiger partial charge in [0, 0.05) is 10.6 Å². The van der Waals surface area contributed by atoms with Crippen LogP contribution in [0.2, 0.25) is 0 Å². The molecule has 1 rings (SSSR count). The number of aliphatic hydroxyl groups excluding tert-OH is 1. The third-order valence-electron chi connectivity index (χ3n) is 3.73. The van der Waals surface area contributed by atoms with Crippen molar-refractivity contribution in [1.29, 1.82) is 0 Å². The highest BCUT2D eigenvalue weighted by atomic mass is 32.2. The van der Waals surface area contributed by atoms with Gasteiger partial charge in [0.1, 0.15) is 0 Å². The summed E-state index contributed by atoms with van der Waals surface area (Å²) < 4.78 is 12.5. The van der Waals surface area contributed by atoms with Crippen LogP contribution in [-0.4, -0.2) is 21.6 Å². The Balaban J connectivity index is 2.75. The van der Waals surface area contributed by atoms with Crippen molar-refractivity contribution in [1.82, 2.24) is 0 Å². The molecule has 0 aliphatic heterocycles. The lowest BCUT2D eigenvalue weighted by Crippen LogP contribution is -2.12. The summed E-state index contributed by atoms with van der Waals surface area (Å²) in [6.07, 6.45) is 4.51. The second kappa shape index (κ2) is 10.1. The van der Waals surface area contributed by atoms with E-state index in [0.29, 0.717) is 18.9 Å². The molecule has 0 heterocycles. The van der Waals surface area contributed by atoms with Gasteiger partial charge in [0.05, 0.1) is 16.9 Å². The van der Waals surface area contributed by atoms with Crippen molar-refractivity contribution in [2.75, 3.05) is 12.3 Å². The molecule has 1 aromatic carbocycles. The molecule has 0 spiro atoms. The lowest BCUT2D eigenvalue weighted by Gasteiger charge is -2.16. The maximum absolute atomic E-state index is 12.5. The van der Waals surface area contributed by atoms with E-state index in [9.17, 15) is 9.32 Å². The van der Waals surface area contributed by atoms with Gasteiger partial charge in [-0.25, -0.2) is 0 Å². The van der Waals surface area contributed by atoms with Crippen LogP contribution in [-0.2, 0) is 10.8 Å². The lowest BCUT2D eigenvalue weighted by molar-refractivity contribution is 0.170. The van der Waals surface area contributed by atoms with Crippen LogP contribution in [0.5, 0.6) is 0 Å². The number of hydrogen-bond acceptors (Lipinski definition) is 3. The standard InChI is InChI=1S/C17H29NO2S/c1-3-6-14(7-4-2)13-21(20)16-9-5-8-15(12-16)17(19)10-11-18/h5,8-9,12,14,17,19H,3-4,6-7,10-11,13,18H2,1-2H3. The highest BCUT2D eigenvalue weighted by Crippen LogP contribution is 2.22. The summed E-state index contributed by atoms with van der Waals surface area (Å²) >= 11 is 0. The molecule has 2 unspecified atom stereocenters. The van der Waals surface area contributed by atoms with Crippen molar-refractivity contribution in [3.63, 3.8) is 0 Å². The van der Waals surface area contributed by atoms with Crippen molar-refractivity contribution < 1.29 is 9.32 Å². The van der Waals surface area contributed by atoms with Crippen LogP contribution in [0.3, 0.4) is 0 Å². The second-order valence-electron chi connectivity index (χ2n) is 5.62. The van der Waals surface area contributed by atoms with Crippen molar-refractivity contribution >= 4 is 10.8 Å². The van der Waals surface area contributed by atoms with Crippen molar-refractivity contribution in [3.8, 4) is 0 Å². The molecular weight excluding hydrogens is 282 g/mol. The summed E-state index contributed by atoms with van der Waals surface area (Å²) in [7, 11) is -0.990. The third kappa shape index (κ3) is 6.29. The van der Waals surface area contributed by atoms with E-state index in [2.05, 4.69) is 13.8 Å². The van der Waals surface area contributed by atoms with Gasteiger partial charge in [-0.2, -0.15) is 0 Å². The van der Waals surface area contributed by atoms with Gasteiger partial charge in [-0.3, -0.25) is 4.21 Å². The Hall–Kier alpha value is -0.710. The third-order valence-corrected chi connectivity index (χ3v) is 5.28. The van der Waals surface area contributed by atoms with E-state index in [0.717, 1.165) is 41.9 Å². The van der Waals surface area contributed by atoms with E-state index in [4.69, 9.17) is 5.73 Å². The first-order valence-electron chi connectivity index (χ1n) is 7.98. The van der Waals surface area contributed by atoms with Gasteiger partial charge < -0.3 is 10.8 Å². The molecule has 120 valence electrons. The second-order valence-corrected chi connectivity index (χ2v) is 7.12. The Bertz CT molecular complexity index is 431. The van der Waals surface area contributed by atoms with E-state index in [-0.39, 0.29) is 0 Å². The summed E-state index contributed by atoms with van der Waals surface area (Å²) in [5, 5.41) is 10.00. The van der Waals surface area contributed by atoms with E-state index in [1.54, 1.807) is 0 Å². The molecule has 1 aromatic rings. The lowest BCUT2D eigenvalue weighted by atomic mass is 10.0. The molecule has 21 heavy (non-hydrogen) atoms. The molecule has 0 fully saturated rings. The zero-order valence-corrected chi connectivity index (χ0v) is 14.1. The van der Waals surface area contributed by atoms with Crippen molar-refractivity contribution in [3.05, 3.63) is 29.8 Å². The minimum atomic E-state index is -0.990. The fourth-order valence-corrected chi connectivity index (χ4v) is 4.08. The van der Waals surface area contributed by atoms with Crippen LogP contribution in [0.25, 0.3) is 0 Å². The van der Waals surface area contributed by atoms with Gasteiger partial charge in [0.15, 0.2) is 0 Å². The van der Waals surface area contributed by atoms with Gasteiger partial charge in [0.2, 0.25) is 0 Å². The quantitative estimate of drug-likeness (QED) is 0.696. The number of rotatable bonds is 10. The topological polar surface area (TPSA) is 63.3 Å². The Morgan fingerprint density at radius 2 is 1.86 bits per heavy atom. The van der Waals surface area contributed by atoms with Gasteiger partial charge >= 0.3 is 0 Å². The fourth-order valence-electron chi connectivity index (χ4n) is 2.63. The molecule has 2 atom stereocenters. The summed E-state index contributed by atoms with van der Waals surface area (Å²) in [6, 6.07) is 7.50. The van der Waals surface area contributed by atoms with Crippen LogP contribution in [0, 0.1) is 5.92 Å². The van der Waals surface area contributed by atoms with E-state index < -0.39 is 16.9 Å². The zero-order chi connectivity index (χ0) is 15.7. The predicted molar refractivity (Wildman–Crippen MR) is 89.7 cm³/mol. The van der Waals surface area contributed by atoms with Crippen LogP contribution >= 0.6 is 0 Å². The molecular formula is C17H29NO2S. The summed E-state index contributed by atoms with van der Waals surface area (Å²) in [4.78, 5) is 0.820. The highest BCUT2D eigenvalue weighted by Gasteiger charge is 2.14. The average molecular weight is 311 g/mol. The van der Waals surface area contributed by atoms with Crippen LogP contribution < -0.4 is 5.73 Å². The number of aliphatic hydroxyl groups is 1. The molecule has 0 radical (unpaired) electrons. The van der Waals surface area contributed by atoms with Crippen LogP contribution in [0.15, 0.2) is 29.2 Å². The van der Waals surface area contributed by atoms with Crippen molar-refractivity contribution in [2.24, 2.45) is 11.7 Å². The molecule has 0 saturated carbocycles. The van der Waals surface area contributed by atoms with E-state index in [1.165, 1.54) is 0 Å². The zero-order valence-electron chi connectivity index (χ0n) is 13.3. The number of hydrogen-bond donors (Lipinski definition) is 2. The summed E-state index contributed by atoms with van der Waals surface area (Å²) in [5.41, 5.74) is 6.29. The van der Waals surface area contributed by atoms with Gasteiger partial charge in [-0.1, -0.05) is 38.8 Å². The van der Waals surface area contributed by atoms with Gasteiger partial charge in [-0.15, -0.1) is 0 Å². The van der Waals surface area contributed by atoms with Crippen LogP contribution in [0.4, 0.5) is 0 Å². The maximum Gasteiger partial charge on any atom is 0.0802 e. The monoisotopic (exact) mass is 311 g/mol. The maximum atomic E-state index is 12.5. The first-order chi connectivity index (χ1) is 10.1. The molecule has 0 amide bonds. The first-order valence-corrected chi connectivity index (χ1v) is 9.30. The Morgan fingerprint density at radius 1 is 1.19 bits per heavy atom. The summed E-state index contributed by atoms with van der Waals surface area (Å²) in [5.74, 6) is 1.25. The van der Waals surface area contributed by atoms with Gasteiger partial charge in [-0.05, 0) is 49.4 Å². The first kappa shape index (κ1) is 18.3. The van der Waals surface area contributed by atoms with Gasteiger partial charge in [0.25, 0.3) is 0 Å². The molecule has 3 N–H and O–H groups in total. The Kier molecular flexibility index (Phi) is 8.81. The number of benzene rings is 1. The van der Waals surface area contributed by atoms with Crippen LogP contribution in [0.1, 0.15) is 57.6 Å².